The summed E-state index contributed by atoms with van der Waals surface area (Å²) < 4.78 is 7.28. The number of aryl methyl sites for hydroxylation is 2. The van der Waals surface area contributed by atoms with Crippen LogP contribution in [0.3, 0.4) is 0 Å². The van der Waals surface area contributed by atoms with Crippen LogP contribution in [0.15, 0.2) is 71.3 Å². The molecule has 2 aromatic carbocycles. The van der Waals surface area contributed by atoms with Crippen LogP contribution in [0, 0.1) is 6.92 Å². The average Bonchev–Trinajstić information content (AvgIpc) is 3.51. The number of fused-ring (bicyclic) bond motifs is 3. The Morgan fingerprint density at radius 3 is 2.66 bits per heavy atom. The van der Waals surface area contributed by atoms with Crippen LogP contribution in [0.5, 0.6) is 0 Å². The van der Waals surface area contributed by atoms with Crippen LogP contribution in [0.1, 0.15) is 39.7 Å². The summed E-state index contributed by atoms with van der Waals surface area (Å²) >= 11 is 0. The summed E-state index contributed by atoms with van der Waals surface area (Å²) in [6, 6.07) is 19.7. The van der Waals surface area contributed by atoms with Crippen molar-refractivity contribution in [2.75, 3.05) is 0 Å². The number of furan rings is 1. The van der Waals surface area contributed by atoms with E-state index in [4.69, 9.17) is 4.42 Å². The highest BCUT2D eigenvalue weighted by atomic mass is 16.3. The third kappa shape index (κ3) is 3.73. The Kier molecular flexibility index (Phi) is 5.15. The number of carbonyl (C=O) groups excluding carboxylic acids is 1. The van der Waals surface area contributed by atoms with Crippen LogP contribution in [0.4, 0.5) is 0 Å². The predicted molar refractivity (Wildman–Crippen MR) is 121 cm³/mol. The molecule has 0 spiro atoms. The van der Waals surface area contributed by atoms with Gasteiger partial charge in [0.25, 0.3) is 5.91 Å². The monoisotopic (exact) mass is 425 g/mol. The van der Waals surface area contributed by atoms with Crippen molar-refractivity contribution < 1.29 is 9.21 Å². The average molecular weight is 425 g/mol. The van der Waals surface area contributed by atoms with E-state index in [2.05, 4.69) is 40.6 Å². The van der Waals surface area contributed by atoms with E-state index < -0.39 is 0 Å². The second-order valence-electron chi connectivity index (χ2n) is 7.94. The number of hydrogen-bond donors (Lipinski definition) is 0. The van der Waals surface area contributed by atoms with E-state index in [1.165, 1.54) is 5.56 Å². The molecule has 0 N–H and O–H groups in total. The fourth-order valence-electron chi connectivity index (χ4n) is 3.93. The molecule has 7 heteroatoms. The van der Waals surface area contributed by atoms with Gasteiger partial charge in [-0.15, -0.1) is 5.10 Å². The lowest BCUT2D eigenvalue weighted by atomic mass is 10.1. The maximum absolute atomic E-state index is 13.5. The van der Waals surface area contributed by atoms with Gasteiger partial charge in [0, 0.05) is 16.5 Å². The molecular weight excluding hydrogens is 402 g/mol. The van der Waals surface area contributed by atoms with Gasteiger partial charge < -0.3 is 9.32 Å². The Morgan fingerprint density at radius 2 is 1.91 bits per heavy atom. The number of nitrogens with zero attached hydrogens (tertiary/aromatic N) is 5. The van der Waals surface area contributed by atoms with E-state index in [-0.39, 0.29) is 5.91 Å². The van der Waals surface area contributed by atoms with E-state index in [1.54, 1.807) is 15.7 Å². The summed E-state index contributed by atoms with van der Waals surface area (Å²) in [4.78, 5) is 15.2. The molecule has 32 heavy (non-hydrogen) atoms. The minimum absolute atomic E-state index is 0.0746. The van der Waals surface area contributed by atoms with Crippen LogP contribution in [-0.4, -0.2) is 30.8 Å². The van der Waals surface area contributed by atoms with Crippen molar-refractivity contribution in [2.45, 2.75) is 33.4 Å². The standard InChI is InChI=1S/C25H23N5O2/c1-3-18-8-11-23-20(13-18)14-21(24-26-27-28-30(23)24)15-29(16-22-5-4-12-32-22)25(31)19-9-6-17(2)7-10-19/h4-14H,3,15-16H2,1-2H3. The largest absolute Gasteiger partial charge is 0.467 e. The van der Waals surface area contributed by atoms with E-state index in [9.17, 15) is 4.79 Å². The van der Waals surface area contributed by atoms with Crippen molar-refractivity contribution in [3.8, 4) is 0 Å². The second kappa shape index (κ2) is 8.26. The van der Waals surface area contributed by atoms with Gasteiger partial charge in [0.05, 0.1) is 24.9 Å². The third-order valence-electron chi connectivity index (χ3n) is 5.69. The van der Waals surface area contributed by atoms with Gasteiger partial charge in [-0.05, 0) is 71.8 Å². The Balaban J connectivity index is 1.58. The summed E-state index contributed by atoms with van der Waals surface area (Å²) in [5, 5.41) is 13.4. The molecule has 0 saturated carbocycles. The smallest absolute Gasteiger partial charge is 0.254 e. The molecule has 0 aliphatic heterocycles. The van der Waals surface area contributed by atoms with Gasteiger partial charge in [0.15, 0.2) is 5.65 Å². The van der Waals surface area contributed by atoms with Gasteiger partial charge in [-0.1, -0.05) is 30.7 Å². The molecule has 5 rings (SSSR count). The molecule has 5 aromatic rings. The van der Waals surface area contributed by atoms with Crippen molar-refractivity contribution in [1.29, 1.82) is 0 Å². The normalized spacial score (nSPS) is 11.3. The molecule has 0 bridgehead atoms. The van der Waals surface area contributed by atoms with Gasteiger partial charge in [-0.3, -0.25) is 4.79 Å². The number of hydrogen-bond acceptors (Lipinski definition) is 5. The number of aromatic nitrogens is 4. The van der Waals surface area contributed by atoms with Crippen molar-refractivity contribution in [1.82, 2.24) is 24.9 Å². The topological polar surface area (TPSA) is 76.5 Å². The highest BCUT2D eigenvalue weighted by Crippen LogP contribution is 2.23. The zero-order valence-corrected chi connectivity index (χ0v) is 18.0. The summed E-state index contributed by atoms with van der Waals surface area (Å²) in [6.07, 6.45) is 2.56. The van der Waals surface area contributed by atoms with E-state index >= 15 is 0 Å². The first-order valence-electron chi connectivity index (χ1n) is 10.6. The number of rotatable bonds is 6. The molecule has 0 aliphatic carbocycles. The molecule has 0 unspecified atom stereocenters. The predicted octanol–water partition coefficient (Wildman–Crippen LogP) is 4.58. The Hall–Kier alpha value is -4.00. The lowest BCUT2D eigenvalue weighted by molar-refractivity contribution is 0.0718. The van der Waals surface area contributed by atoms with Gasteiger partial charge in [-0.25, -0.2) is 0 Å². The maximum atomic E-state index is 13.5. The van der Waals surface area contributed by atoms with E-state index in [0.29, 0.717) is 24.3 Å². The fourth-order valence-corrected chi connectivity index (χ4v) is 3.93. The molecule has 3 heterocycles. The van der Waals surface area contributed by atoms with E-state index in [1.807, 2.05) is 49.4 Å². The molecule has 0 aliphatic rings. The Labute approximate surface area is 185 Å². The molecule has 160 valence electrons. The van der Waals surface area contributed by atoms with Crippen LogP contribution < -0.4 is 0 Å². The van der Waals surface area contributed by atoms with Crippen LogP contribution in [0.2, 0.25) is 0 Å². The van der Waals surface area contributed by atoms with Crippen molar-refractivity contribution in [3.05, 3.63) is 94.9 Å². The Bertz CT molecular complexity index is 1390. The minimum Gasteiger partial charge on any atom is -0.467 e. The van der Waals surface area contributed by atoms with Crippen LogP contribution in [0.25, 0.3) is 16.6 Å². The van der Waals surface area contributed by atoms with Gasteiger partial charge in [0.2, 0.25) is 0 Å². The number of tetrazole rings is 1. The molecular formula is C25H23N5O2. The summed E-state index contributed by atoms with van der Waals surface area (Å²) in [6.45, 7) is 4.83. The third-order valence-corrected chi connectivity index (χ3v) is 5.69. The number of pyridine rings is 1. The van der Waals surface area contributed by atoms with Crippen LogP contribution in [-0.2, 0) is 19.5 Å². The molecule has 3 aromatic heterocycles. The van der Waals surface area contributed by atoms with Crippen LogP contribution >= 0.6 is 0 Å². The van der Waals surface area contributed by atoms with Gasteiger partial charge in [-0.2, -0.15) is 4.52 Å². The highest BCUT2D eigenvalue weighted by Gasteiger charge is 2.21. The molecule has 0 saturated heterocycles. The summed E-state index contributed by atoms with van der Waals surface area (Å²) in [5.41, 5.74) is 5.43. The molecule has 0 radical (unpaired) electrons. The lowest BCUT2D eigenvalue weighted by Gasteiger charge is -2.22. The molecule has 0 atom stereocenters. The van der Waals surface area contributed by atoms with Crippen molar-refractivity contribution in [3.63, 3.8) is 0 Å². The number of benzene rings is 2. The van der Waals surface area contributed by atoms with Gasteiger partial charge >= 0.3 is 0 Å². The highest BCUT2D eigenvalue weighted by molar-refractivity contribution is 5.94. The zero-order valence-electron chi connectivity index (χ0n) is 18.0. The number of carbonyl (C=O) groups is 1. The fraction of sp³-hybridized carbons (Fsp3) is 0.200. The zero-order chi connectivity index (χ0) is 22.1. The minimum atomic E-state index is -0.0746. The number of amides is 1. The molecule has 7 nitrogen and oxygen atoms in total. The maximum Gasteiger partial charge on any atom is 0.254 e. The SMILES string of the molecule is CCc1ccc2c(c1)cc(CN(Cc1ccco1)C(=O)c1ccc(C)cc1)c1nnnn12. The van der Waals surface area contributed by atoms with Gasteiger partial charge in [0.1, 0.15) is 5.76 Å². The Morgan fingerprint density at radius 1 is 1.06 bits per heavy atom. The van der Waals surface area contributed by atoms with Crippen molar-refractivity contribution in [2.24, 2.45) is 0 Å². The first kappa shape index (κ1) is 19.9. The first-order valence-corrected chi connectivity index (χ1v) is 10.6. The molecule has 0 fully saturated rings. The lowest BCUT2D eigenvalue weighted by Crippen LogP contribution is -2.30. The second-order valence-corrected chi connectivity index (χ2v) is 7.94. The van der Waals surface area contributed by atoms with Crippen molar-refractivity contribution >= 4 is 22.5 Å². The first-order chi connectivity index (χ1) is 15.6. The quantitative estimate of drug-likeness (QED) is 0.398. The summed E-state index contributed by atoms with van der Waals surface area (Å²) in [7, 11) is 0. The van der Waals surface area contributed by atoms with E-state index in [0.717, 1.165) is 34.2 Å². The summed E-state index contributed by atoms with van der Waals surface area (Å²) in [5.74, 6) is 0.643. The molecule has 1 amide bonds.